The van der Waals surface area contributed by atoms with Gasteiger partial charge in [-0.05, 0) is 43.1 Å². The van der Waals surface area contributed by atoms with E-state index in [2.05, 4.69) is 56.5 Å². The highest BCUT2D eigenvalue weighted by molar-refractivity contribution is 7.98. The molecule has 1 atom stereocenters. The molecule has 4 rings (SSSR count). The van der Waals surface area contributed by atoms with Crippen molar-refractivity contribution in [2.24, 2.45) is 7.05 Å². The fraction of sp³-hybridized carbons (Fsp3) is 0.389. The first-order chi connectivity index (χ1) is 12.3. The zero-order valence-electron chi connectivity index (χ0n) is 14.3. The second-order valence-electron chi connectivity index (χ2n) is 6.35. The Kier molecular flexibility index (Phi) is 4.85. The molecule has 3 aromatic rings. The van der Waals surface area contributed by atoms with Gasteiger partial charge in [0.05, 0.1) is 5.69 Å². The minimum absolute atomic E-state index is 0.481. The number of hydrogen-bond donors (Lipinski definition) is 1. The third-order valence-electron chi connectivity index (χ3n) is 4.60. The van der Waals surface area contributed by atoms with Crippen molar-refractivity contribution in [3.8, 4) is 5.69 Å². The van der Waals surface area contributed by atoms with E-state index in [1.165, 1.54) is 18.4 Å². The van der Waals surface area contributed by atoms with Crippen LogP contribution in [-0.2, 0) is 12.8 Å². The molecule has 0 bridgehead atoms. The van der Waals surface area contributed by atoms with Gasteiger partial charge >= 0.3 is 0 Å². The van der Waals surface area contributed by atoms with E-state index < -0.39 is 0 Å². The first kappa shape index (κ1) is 16.4. The highest BCUT2D eigenvalue weighted by Gasteiger charge is 2.21. The predicted molar refractivity (Wildman–Crippen MR) is 99.0 cm³/mol. The van der Waals surface area contributed by atoms with E-state index in [0.29, 0.717) is 5.92 Å². The Morgan fingerprint density at radius 2 is 2.12 bits per heavy atom. The maximum absolute atomic E-state index is 4.44. The van der Waals surface area contributed by atoms with Crippen LogP contribution in [-0.4, -0.2) is 37.6 Å². The maximum atomic E-state index is 4.44. The normalized spacial score (nSPS) is 17.7. The Hall–Kier alpha value is -2.12. The molecule has 7 heteroatoms. The summed E-state index contributed by atoms with van der Waals surface area (Å²) in [7, 11) is 2.08. The third-order valence-corrected chi connectivity index (χ3v) is 5.70. The molecular formula is C18H22N6S. The van der Waals surface area contributed by atoms with Gasteiger partial charge in [0.2, 0.25) is 0 Å². The Balaban J connectivity index is 1.40. The fourth-order valence-corrected chi connectivity index (χ4v) is 4.07. The van der Waals surface area contributed by atoms with Crippen molar-refractivity contribution in [2.45, 2.75) is 29.7 Å². The van der Waals surface area contributed by atoms with Gasteiger partial charge in [0, 0.05) is 37.7 Å². The molecule has 1 aliphatic rings. The summed E-state index contributed by atoms with van der Waals surface area (Å²) in [5.41, 5.74) is 2.34. The van der Waals surface area contributed by atoms with Gasteiger partial charge in [-0.3, -0.25) is 0 Å². The largest absolute Gasteiger partial charge is 0.316 e. The van der Waals surface area contributed by atoms with Crippen molar-refractivity contribution in [3.05, 3.63) is 54.1 Å². The monoisotopic (exact) mass is 354 g/mol. The summed E-state index contributed by atoms with van der Waals surface area (Å²) in [6, 6.07) is 10.4. The average molecular weight is 354 g/mol. The fourth-order valence-electron chi connectivity index (χ4n) is 3.19. The van der Waals surface area contributed by atoms with Crippen LogP contribution in [0, 0.1) is 0 Å². The summed E-state index contributed by atoms with van der Waals surface area (Å²) in [6.45, 7) is 2.12. The molecule has 1 aromatic carbocycles. The standard InChI is InChI=1S/C18H22N6S/c1-23-17(15-4-2-9-19-12-15)21-22-18(23)25-13-14-5-7-16(8-6-14)24-11-3-10-20-24/h3,5-8,10-11,15,19H,2,4,9,12-13H2,1H3/t15-/m0/s1. The Bertz CT molecular complexity index is 803. The van der Waals surface area contributed by atoms with Crippen LogP contribution in [0.3, 0.4) is 0 Å². The van der Waals surface area contributed by atoms with Crippen LogP contribution >= 0.6 is 11.8 Å². The summed E-state index contributed by atoms with van der Waals surface area (Å²) >= 11 is 1.73. The van der Waals surface area contributed by atoms with E-state index in [-0.39, 0.29) is 0 Å². The molecule has 0 amide bonds. The van der Waals surface area contributed by atoms with Gasteiger partial charge in [-0.2, -0.15) is 5.10 Å². The van der Waals surface area contributed by atoms with Crippen molar-refractivity contribution in [3.63, 3.8) is 0 Å². The van der Waals surface area contributed by atoms with E-state index >= 15 is 0 Å². The average Bonchev–Trinajstić information content (AvgIpc) is 3.31. The number of rotatable bonds is 5. The number of piperidine rings is 1. The number of benzene rings is 1. The second kappa shape index (κ2) is 7.41. The Morgan fingerprint density at radius 3 is 2.84 bits per heavy atom. The molecule has 3 heterocycles. The SMILES string of the molecule is Cn1c(SCc2ccc(-n3cccn3)cc2)nnc1[C@H]1CCCNC1. The van der Waals surface area contributed by atoms with Crippen LogP contribution < -0.4 is 5.32 Å². The summed E-state index contributed by atoms with van der Waals surface area (Å²) < 4.78 is 4.02. The molecule has 1 aliphatic heterocycles. The molecule has 1 saturated heterocycles. The maximum Gasteiger partial charge on any atom is 0.191 e. The van der Waals surface area contributed by atoms with Crippen molar-refractivity contribution in [1.82, 2.24) is 29.9 Å². The van der Waals surface area contributed by atoms with E-state index in [4.69, 9.17) is 0 Å². The molecule has 25 heavy (non-hydrogen) atoms. The molecule has 2 aromatic heterocycles. The van der Waals surface area contributed by atoms with Crippen molar-refractivity contribution in [2.75, 3.05) is 13.1 Å². The van der Waals surface area contributed by atoms with Crippen molar-refractivity contribution >= 4 is 11.8 Å². The van der Waals surface area contributed by atoms with Crippen LogP contribution in [0.1, 0.15) is 30.1 Å². The Morgan fingerprint density at radius 1 is 1.24 bits per heavy atom. The number of nitrogens with one attached hydrogen (secondary N) is 1. The highest BCUT2D eigenvalue weighted by atomic mass is 32.2. The van der Waals surface area contributed by atoms with E-state index in [0.717, 1.165) is 35.5 Å². The molecule has 1 N–H and O–H groups in total. The molecule has 0 unspecified atom stereocenters. The molecule has 130 valence electrons. The molecule has 1 fully saturated rings. The zero-order chi connectivity index (χ0) is 17.1. The summed E-state index contributed by atoms with van der Waals surface area (Å²) in [6.07, 6.45) is 6.14. The van der Waals surface area contributed by atoms with E-state index in [9.17, 15) is 0 Å². The topological polar surface area (TPSA) is 60.6 Å². The van der Waals surface area contributed by atoms with Crippen molar-refractivity contribution in [1.29, 1.82) is 0 Å². The van der Waals surface area contributed by atoms with Crippen LogP contribution in [0.25, 0.3) is 5.69 Å². The van der Waals surface area contributed by atoms with Gasteiger partial charge < -0.3 is 9.88 Å². The highest BCUT2D eigenvalue weighted by Crippen LogP contribution is 2.26. The lowest BCUT2D eigenvalue weighted by molar-refractivity contribution is 0.436. The quantitative estimate of drug-likeness (QED) is 0.714. The number of nitrogens with zero attached hydrogens (tertiary/aromatic N) is 5. The minimum Gasteiger partial charge on any atom is -0.316 e. The van der Waals surface area contributed by atoms with E-state index in [1.54, 1.807) is 18.0 Å². The predicted octanol–water partition coefficient (Wildman–Crippen LogP) is 2.76. The second-order valence-corrected chi connectivity index (χ2v) is 7.29. The zero-order valence-corrected chi connectivity index (χ0v) is 15.1. The lowest BCUT2D eigenvalue weighted by Gasteiger charge is -2.21. The van der Waals surface area contributed by atoms with Crippen LogP contribution in [0.2, 0.25) is 0 Å². The lowest BCUT2D eigenvalue weighted by Crippen LogP contribution is -2.29. The van der Waals surface area contributed by atoms with Gasteiger partial charge in [-0.25, -0.2) is 4.68 Å². The van der Waals surface area contributed by atoms with Crippen LogP contribution in [0.4, 0.5) is 0 Å². The van der Waals surface area contributed by atoms with Gasteiger partial charge in [-0.1, -0.05) is 23.9 Å². The molecule has 0 saturated carbocycles. The minimum atomic E-state index is 0.481. The van der Waals surface area contributed by atoms with Gasteiger partial charge in [-0.15, -0.1) is 10.2 Å². The first-order valence-electron chi connectivity index (χ1n) is 8.63. The molecule has 0 radical (unpaired) electrons. The van der Waals surface area contributed by atoms with E-state index in [1.807, 2.05) is 16.9 Å². The van der Waals surface area contributed by atoms with Gasteiger partial charge in [0.25, 0.3) is 0 Å². The summed E-state index contributed by atoms with van der Waals surface area (Å²) in [5, 5.41) is 17.5. The lowest BCUT2D eigenvalue weighted by atomic mass is 9.99. The first-order valence-corrected chi connectivity index (χ1v) is 9.61. The Labute approximate surface area is 151 Å². The molecule has 0 aliphatic carbocycles. The van der Waals surface area contributed by atoms with Gasteiger partial charge in [0.15, 0.2) is 5.16 Å². The number of aromatic nitrogens is 5. The molecular weight excluding hydrogens is 332 g/mol. The van der Waals surface area contributed by atoms with Crippen LogP contribution in [0.5, 0.6) is 0 Å². The summed E-state index contributed by atoms with van der Waals surface area (Å²) in [4.78, 5) is 0. The number of thioether (sulfide) groups is 1. The molecule has 6 nitrogen and oxygen atoms in total. The van der Waals surface area contributed by atoms with Gasteiger partial charge in [0.1, 0.15) is 5.82 Å². The number of hydrogen-bond acceptors (Lipinski definition) is 5. The summed E-state index contributed by atoms with van der Waals surface area (Å²) in [5.74, 6) is 2.46. The third kappa shape index (κ3) is 3.62. The smallest absolute Gasteiger partial charge is 0.191 e. The molecule has 0 spiro atoms. The van der Waals surface area contributed by atoms with Crippen molar-refractivity contribution < 1.29 is 0 Å². The van der Waals surface area contributed by atoms with Crippen LogP contribution in [0.15, 0.2) is 47.9 Å².